The number of aliphatic carboxylic acids is 1. The van der Waals surface area contributed by atoms with E-state index in [0.717, 1.165) is 25.3 Å². The SMILES string of the molecule is O=C(O)/C=C/c1cccnc1C(=O)NC1CCC1. The molecule has 1 heterocycles. The minimum absolute atomic E-state index is 0.232. The fourth-order valence-corrected chi connectivity index (χ4v) is 1.71. The van der Waals surface area contributed by atoms with Crippen molar-refractivity contribution in [3.8, 4) is 0 Å². The van der Waals surface area contributed by atoms with Gasteiger partial charge < -0.3 is 10.4 Å². The van der Waals surface area contributed by atoms with Gasteiger partial charge in [-0.2, -0.15) is 0 Å². The van der Waals surface area contributed by atoms with Crippen LogP contribution in [0.5, 0.6) is 0 Å². The van der Waals surface area contributed by atoms with Gasteiger partial charge in [0.2, 0.25) is 0 Å². The van der Waals surface area contributed by atoms with Gasteiger partial charge in [-0.3, -0.25) is 9.78 Å². The Kier molecular flexibility index (Phi) is 3.72. The van der Waals surface area contributed by atoms with E-state index < -0.39 is 5.97 Å². The third kappa shape index (κ3) is 2.94. The van der Waals surface area contributed by atoms with Gasteiger partial charge in [-0.1, -0.05) is 6.07 Å². The summed E-state index contributed by atoms with van der Waals surface area (Å²) in [6.45, 7) is 0. The molecule has 2 N–H and O–H groups in total. The number of pyridine rings is 1. The summed E-state index contributed by atoms with van der Waals surface area (Å²) in [6, 6.07) is 3.57. The van der Waals surface area contributed by atoms with E-state index in [-0.39, 0.29) is 17.6 Å². The summed E-state index contributed by atoms with van der Waals surface area (Å²) in [5.74, 6) is -1.30. The van der Waals surface area contributed by atoms with Crippen LogP contribution in [0, 0.1) is 0 Å². The van der Waals surface area contributed by atoms with E-state index in [0.29, 0.717) is 5.56 Å². The van der Waals surface area contributed by atoms with Crippen molar-refractivity contribution in [1.29, 1.82) is 0 Å². The minimum Gasteiger partial charge on any atom is -0.478 e. The lowest BCUT2D eigenvalue weighted by Gasteiger charge is -2.26. The zero-order valence-corrected chi connectivity index (χ0v) is 9.80. The van der Waals surface area contributed by atoms with E-state index in [1.807, 2.05) is 0 Å². The largest absolute Gasteiger partial charge is 0.478 e. The molecular formula is C13H14N2O3. The Balaban J connectivity index is 2.15. The second kappa shape index (κ2) is 5.44. The van der Waals surface area contributed by atoms with Crippen molar-refractivity contribution in [2.75, 3.05) is 0 Å². The Morgan fingerprint density at radius 2 is 2.22 bits per heavy atom. The van der Waals surface area contributed by atoms with Gasteiger partial charge in [0.1, 0.15) is 5.69 Å². The number of hydrogen-bond acceptors (Lipinski definition) is 3. The molecule has 0 unspecified atom stereocenters. The lowest BCUT2D eigenvalue weighted by Crippen LogP contribution is -2.40. The maximum atomic E-state index is 12.0. The van der Waals surface area contributed by atoms with Gasteiger partial charge in [0.05, 0.1) is 0 Å². The Morgan fingerprint density at radius 1 is 1.44 bits per heavy atom. The average molecular weight is 246 g/mol. The molecule has 0 aliphatic heterocycles. The maximum Gasteiger partial charge on any atom is 0.328 e. The first-order chi connectivity index (χ1) is 8.66. The molecule has 1 aromatic heterocycles. The zero-order chi connectivity index (χ0) is 13.0. The topological polar surface area (TPSA) is 79.3 Å². The van der Waals surface area contributed by atoms with Crippen molar-refractivity contribution < 1.29 is 14.7 Å². The zero-order valence-electron chi connectivity index (χ0n) is 9.80. The number of nitrogens with one attached hydrogen (secondary N) is 1. The second-order valence-corrected chi connectivity index (χ2v) is 4.21. The van der Waals surface area contributed by atoms with Crippen molar-refractivity contribution in [2.45, 2.75) is 25.3 Å². The molecule has 18 heavy (non-hydrogen) atoms. The number of hydrogen-bond donors (Lipinski definition) is 2. The van der Waals surface area contributed by atoms with Crippen LogP contribution < -0.4 is 5.32 Å². The Bertz CT molecular complexity index is 493. The van der Waals surface area contributed by atoms with Crippen LogP contribution in [-0.4, -0.2) is 28.0 Å². The first-order valence-electron chi connectivity index (χ1n) is 5.83. The van der Waals surface area contributed by atoms with Crippen LogP contribution in [0.4, 0.5) is 0 Å². The van der Waals surface area contributed by atoms with Crippen LogP contribution in [0.25, 0.3) is 6.08 Å². The van der Waals surface area contributed by atoms with Gasteiger partial charge in [-0.25, -0.2) is 4.79 Å². The smallest absolute Gasteiger partial charge is 0.328 e. The highest BCUT2D eigenvalue weighted by Crippen LogP contribution is 2.19. The summed E-state index contributed by atoms with van der Waals surface area (Å²) >= 11 is 0. The summed E-state index contributed by atoms with van der Waals surface area (Å²) in [6.07, 6.45) is 7.03. The van der Waals surface area contributed by atoms with Crippen molar-refractivity contribution in [2.24, 2.45) is 0 Å². The van der Waals surface area contributed by atoms with Crippen molar-refractivity contribution >= 4 is 18.0 Å². The normalized spacial score (nSPS) is 15.3. The maximum absolute atomic E-state index is 12.0. The van der Waals surface area contributed by atoms with E-state index in [1.54, 1.807) is 12.1 Å². The third-order valence-corrected chi connectivity index (χ3v) is 2.90. The molecule has 1 aliphatic rings. The predicted octanol–water partition coefficient (Wildman–Crippen LogP) is 1.46. The van der Waals surface area contributed by atoms with Gasteiger partial charge in [-0.05, 0) is 31.4 Å². The molecule has 1 fully saturated rings. The summed E-state index contributed by atoms with van der Waals surface area (Å²) in [5, 5.41) is 11.5. The van der Waals surface area contributed by atoms with E-state index in [4.69, 9.17) is 5.11 Å². The van der Waals surface area contributed by atoms with Gasteiger partial charge in [-0.15, -0.1) is 0 Å². The Labute approximate surface area is 105 Å². The molecule has 0 bridgehead atoms. The van der Waals surface area contributed by atoms with E-state index >= 15 is 0 Å². The molecule has 1 aromatic rings. The monoisotopic (exact) mass is 246 g/mol. The first-order valence-corrected chi connectivity index (χ1v) is 5.83. The molecular weight excluding hydrogens is 232 g/mol. The lowest BCUT2D eigenvalue weighted by atomic mass is 9.93. The van der Waals surface area contributed by atoms with Gasteiger partial charge in [0, 0.05) is 23.9 Å². The molecule has 1 aliphatic carbocycles. The first kappa shape index (κ1) is 12.3. The number of aromatic nitrogens is 1. The molecule has 5 nitrogen and oxygen atoms in total. The quantitative estimate of drug-likeness (QED) is 0.788. The van der Waals surface area contributed by atoms with Gasteiger partial charge in [0.15, 0.2) is 0 Å². The highest BCUT2D eigenvalue weighted by molar-refractivity contribution is 5.97. The summed E-state index contributed by atoms with van der Waals surface area (Å²) < 4.78 is 0. The molecule has 1 saturated carbocycles. The fraction of sp³-hybridized carbons (Fsp3) is 0.308. The van der Waals surface area contributed by atoms with Crippen LogP contribution in [-0.2, 0) is 4.79 Å². The number of amides is 1. The molecule has 0 saturated heterocycles. The van der Waals surface area contributed by atoms with E-state index in [2.05, 4.69) is 10.3 Å². The minimum atomic E-state index is -1.05. The summed E-state index contributed by atoms with van der Waals surface area (Å²) in [5.41, 5.74) is 0.777. The highest BCUT2D eigenvalue weighted by atomic mass is 16.4. The third-order valence-electron chi connectivity index (χ3n) is 2.90. The molecule has 0 radical (unpaired) electrons. The van der Waals surface area contributed by atoms with E-state index in [1.165, 1.54) is 12.3 Å². The van der Waals surface area contributed by atoms with Gasteiger partial charge >= 0.3 is 5.97 Å². The van der Waals surface area contributed by atoms with Gasteiger partial charge in [0.25, 0.3) is 5.91 Å². The summed E-state index contributed by atoms with van der Waals surface area (Å²) in [7, 11) is 0. The number of rotatable bonds is 4. The highest BCUT2D eigenvalue weighted by Gasteiger charge is 2.21. The predicted molar refractivity (Wildman–Crippen MR) is 66.0 cm³/mol. The van der Waals surface area contributed by atoms with Crippen LogP contribution >= 0.6 is 0 Å². The molecule has 0 aromatic carbocycles. The number of carboxylic acids is 1. The summed E-state index contributed by atoms with van der Waals surface area (Å²) in [4.78, 5) is 26.4. The second-order valence-electron chi connectivity index (χ2n) is 4.21. The number of carbonyl (C=O) groups is 2. The van der Waals surface area contributed by atoms with Crippen LogP contribution in [0.3, 0.4) is 0 Å². The van der Waals surface area contributed by atoms with Crippen LogP contribution in [0.15, 0.2) is 24.4 Å². The van der Waals surface area contributed by atoms with Crippen LogP contribution in [0.2, 0.25) is 0 Å². The van der Waals surface area contributed by atoms with E-state index in [9.17, 15) is 9.59 Å². The number of carboxylic acid groups (broad SMARTS) is 1. The standard InChI is InChI=1S/C13H14N2O3/c16-11(17)7-6-9-3-2-8-14-12(9)13(18)15-10-4-1-5-10/h2-3,6-8,10H,1,4-5H2,(H,15,18)(H,16,17)/b7-6+. The van der Waals surface area contributed by atoms with Crippen molar-refractivity contribution in [1.82, 2.24) is 10.3 Å². The molecule has 0 spiro atoms. The lowest BCUT2D eigenvalue weighted by molar-refractivity contribution is -0.131. The Hall–Kier alpha value is -2.17. The number of nitrogens with zero attached hydrogens (tertiary/aromatic N) is 1. The van der Waals surface area contributed by atoms with Crippen molar-refractivity contribution in [3.63, 3.8) is 0 Å². The van der Waals surface area contributed by atoms with Crippen molar-refractivity contribution in [3.05, 3.63) is 35.7 Å². The fourth-order valence-electron chi connectivity index (χ4n) is 1.71. The molecule has 5 heteroatoms. The average Bonchev–Trinajstić information content (AvgIpc) is 2.31. The molecule has 1 amide bonds. The molecule has 2 rings (SSSR count). The Morgan fingerprint density at radius 3 is 2.83 bits per heavy atom. The number of carbonyl (C=O) groups excluding carboxylic acids is 1. The molecule has 0 atom stereocenters. The molecule has 94 valence electrons. The van der Waals surface area contributed by atoms with Crippen LogP contribution in [0.1, 0.15) is 35.3 Å².